The van der Waals surface area contributed by atoms with Gasteiger partial charge < -0.3 is 20.9 Å². The van der Waals surface area contributed by atoms with Crippen LogP contribution >= 0.6 is 0 Å². The number of hydrogen-bond donors (Lipinski definition) is 3. The molecule has 1 amide bonds. The number of rotatable bonds is 5. The van der Waals surface area contributed by atoms with E-state index in [1.54, 1.807) is 0 Å². The van der Waals surface area contributed by atoms with Gasteiger partial charge in [-0.15, -0.1) is 0 Å². The molecule has 0 aromatic rings. The Kier molecular flexibility index (Phi) is 4.89. The largest absolute Gasteiger partial charge is 0.479 e. The Bertz CT molecular complexity index is 293. The predicted molar refractivity (Wildman–Crippen MR) is 61.4 cm³/mol. The molecule has 0 aromatic carbocycles. The quantitative estimate of drug-likeness (QED) is 0.617. The lowest BCUT2D eigenvalue weighted by atomic mass is 10.0. The van der Waals surface area contributed by atoms with Crippen LogP contribution in [-0.2, 0) is 14.3 Å². The highest BCUT2D eigenvalue weighted by Gasteiger charge is 2.30. The molecule has 0 saturated carbocycles. The average Bonchev–Trinajstić information content (AvgIpc) is 2.73. The number of carboxylic acids is 1. The molecule has 1 rings (SSSR count). The fourth-order valence-electron chi connectivity index (χ4n) is 1.67. The predicted octanol–water partition coefficient (Wildman–Crippen LogP) is -0.282. The van der Waals surface area contributed by atoms with Crippen LogP contribution in [0.1, 0.15) is 26.7 Å². The van der Waals surface area contributed by atoms with E-state index >= 15 is 0 Å². The summed E-state index contributed by atoms with van der Waals surface area (Å²) in [4.78, 5) is 22.2. The molecule has 1 fully saturated rings. The molecule has 0 bridgehead atoms. The van der Waals surface area contributed by atoms with E-state index in [0.29, 0.717) is 19.4 Å². The van der Waals surface area contributed by atoms with Crippen LogP contribution in [0.3, 0.4) is 0 Å². The third-order valence-electron chi connectivity index (χ3n) is 2.91. The summed E-state index contributed by atoms with van der Waals surface area (Å²) in [5, 5.41) is 11.4. The van der Waals surface area contributed by atoms with E-state index in [-0.39, 0.29) is 17.9 Å². The Balaban J connectivity index is 2.28. The summed E-state index contributed by atoms with van der Waals surface area (Å²) < 4.78 is 5.26. The lowest BCUT2D eigenvalue weighted by molar-refractivity contribution is -0.149. The first-order valence-corrected chi connectivity index (χ1v) is 5.83. The standard InChI is InChI=1S/C11H20N2O4/c1-6(2)9(12)10(14)13-5-7-3-4-8(17-7)11(15)16/h6-9H,3-5,12H2,1-2H3,(H,13,14)(H,15,16). The lowest BCUT2D eigenvalue weighted by Crippen LogP contribution is -2.46. The smallest absolute Gasteiger partial charge is 0.332 e. The molecule has 1 aliphatic heterocycles. The third kappa shape index (κ3) is 3.98. The van der Waals surface area contributed by atoms with Crippen molar-refractivity contribution < 1.29 is 19.4 Å². The van der Waals surface area contributed by atoms with E-state index in [2.05, 4.69) is 5.32 Å². The van der Waals surface area contributed by atoms with Gasteiger partial charge in [-0.3, -0.25) is 4.79 Å². The topological polar surface area (TPSA) is 102 Å². The minimum atomic E-state index is -0.947. The molecule has 3 atom stereocenters. The Morgan fingerprint density at radius 3 is 2.59 bits per heavy atom. The number of nitrogens with one attached hydrogen (secondary N) is 1. The summed E-state index contributed by atoms with van der Waals surface area (Å²) in [5.41, 5.74) is 5.67. The lowest BCUT2D eigenvalue weighted by Gasteiger charge is -2.17. The van der Waals surface area contributed by atoms with Crippen LogP contribution in [0.25, 0.3) is 0 Å². The van der Waals surface area contributed by atoms with Crippen LogP contribution in [0, 0.1) is 5.92 Å². The van der Waals surface area contributed by atoms with Crippen molar-refractivity contribution >= 4 is 11.9 Å². The molecule has 17 heavy (non-hydrogen) atoms. The number of amides is 1. The molecule has 0 radical (unpaired) electrons. The van der Waals surface area contributed by atoms with Crippen LogP contribution in [0.15, 0.2) is 0 Å². The van der Waals surface area contributed by atoms with Crippen molar-refractivity contribution in [3.05, 3.63) is 0 Å². The summed E-state index contributed by atoms with van der Waals surface area (Å²) in [5.74, 6) is -1.09. The second kappa shape index (κ2) is 5.97. The molecule has 1 heterocycles. The van der Waals surface area contributed by atoms with E-state index in [0.717, 1.165) is 0 Å². The van der Waals surface area contributed by atoms with Gasteiger partial charge in [-0.2, -0.15) is 0 Å². The van der Waals surface area contributed by atoms with Crippen molar-refractivity contribution in [2.45, 2.75) is 44.9 Å². The van der Waals surface area contributed by atoms with Gasteiger partial charge in [0.25, 0.3) is 0 Å². The van der Waals surface area contributed by atoms with Gasteiger partial charge in [0, 0.05) is 6.54 Å². The molecular weight excluding hydrogens is 224 g/mol. The Morgan fingerprint density at radius 2 is 2.12 bits per heavy atom. The van der Waals surface area contributed by atoms with E-state index in [9.17, 15) is 9.59 Å². The number of hydrogen-bond acceptors (Lipinski definition) is 4. The normalized spacial score (nSPS) is 25.9. The second-order valence-electron chi connectivity index (χ2n) is 4.68. The van der Waals surface area contributed by atoms with Gasteiger partial charge in [0.1, 0.15) is 0 Å². The molecule has 6 nitrogen and oxygen atoms in total. The van der Waals surface area contributed by atoms with Crippen molar-refractivity contribution in [3.63, 3.8) is 0 Å². The maximum absolute atomic E-state index is 11.5. The first kappa shape index (κ1) is 13.9. The monoisotopic (exact) mass is 244 g/mol. The number of carbonyl (C=O) groups is 2. The molecule has 3 unspecified atom stereocenters. The fourth-order valence-corrected chi connectivity index (χ4v) is 1.67. The van der Waals surface area contributed by atoms with Crippen LogP contribution in [0.4, 0.5) is 0 Å². The van der Waals surface area contributed by atoms with Crippen molar-refractivity contribution in [3.8, 4) is 0 Å². The van der Waals surface area contributed by atoms with E-state index in [1.165, 1.54) is 0 Å². The Labute approximate surface area is 101 Å². The highest BCUT2D eigenvalue weighted by Crippen LogP contribution is 2.19. The number of nitrogens with two attached hydrogens (primary N) is 1. The molecule has 98 valence electrons. The van der Waals surface area contributed by atoms with E-state index in [4.69, 9.17) is 15.6 Å². The number of carboxylic acid groups (broad SMARTS) is 1. The molecule has 6 heteroatoms. The first-order valence-electron chi connectivity index (χ1n) is 5.83. The zero-order valence-corrected chi connectivity index (χ0v) is 10.2. The Hall–Kier alpha value is -1.14. The summed E-state index contributed by atoms with van der Waals surface area (Å²) in [6.45, 7) is 4.07. The first-order chi connectivity index (χ1) is 7.91. The van der Waals surface area contributed by atoms with Crippen molar-refractivity contribution in [1.82, 2.24) is 5.32 Å². The van der Waals surface area contributed by atoms with Crippen molar-refractivity contribution in [1.29, 1.82) is 0 Å². The zero-order chi connectivity index (χ0) is 13.0. The molecule has 0 aliphatic carbocycles. The third-order valence-corrected chi connectivity index (χ3v) is 2.91. The molecule has 1 saturated heterocycles. The SMILES string of the molecule is CC(C)C(N)C(=O)NCC1CCC(C(=O)O)O1. The van der Waals surface area contributed by atoms with Crippen LogP contribution in [0.2, 0.25) is 0 Å². The van der Waals surface area contributed by atoms with Gasteiger partial charge in [-0.05, 0) is 18.8 Å². The van der Waals surface area contributed by atoms with Gasteiger partial charge in [0.2, 0.25) is 5.91 Å². The minimum Gasteiger partial charge on any atom is -0.479 e. The Morgan fingerprint density at radius 1 is 1.47 bits per heavy atom. The van der Waals surface area contributed by atoms with E-state index < -0.39 is 18.1 Å². The number of ether oxygens (including phenoxy) is 1. The van der Waals surface area contributed by atoms with Crippen LogP contribution in [0.5, 0.6) is 0 Å². The molecule has 0 spiro atoms. The highest BCUT2D eigenvalue weighted by atomic mass is 16.5. The van der Waals surface area contributed by atoms with Gasteiger partial charge in [-0.1, -0.05) is 13.8 Å². The van der Waals surface area contributed by atoms with E-state index in [1.807, 2.05) is 13.8 Å². The second-order valence-corrected chi connectivity index (χ2v) is 4.68. The maximum Gasteiger partial charge on any atom is 0.332 e. The average molecular weight is 244 g/mol. The minimum absolute atomic E-state index is 0.0752. The summed E-state index contributed by atoms with van der Waals surface area (Å²) in [7, 11) is 0. The van der Waals surface area contributed by atoms with Crippen LogP contribution in [-0.4, -0.2) is 41.8 Å². The summed E-state index contributed by atoms with van der Waals surface area (Å²) in [6.07, 6.45) is 0.176. The van der Waals surface area contributed by atoms with Gasteiger partial charge >= 0.3 is 5.97 Å². The summed E-state index contributed by atoms with van der Waals surface area (Å²) in [6, 6.07) is -0.535. The fraction of sp³-hybridized carbons (Fsp3) is 0.818. The summed E-state index contributed by atoms with van der Waals surface area (Å²) >= 11 is 0. The van der Waals surface area contributed by atoms with Crippen molar-refractivity contribution in [2.24, 2.45) is 11.7 Å². The molecule has 0 aromatic heterocycles. The molecule has 4 N–H and O–H groups in total. The van der Waals surface area contributed by atoms with Gasteiger partial charge in [-0.25, -0.2) is 4.79 Å². The molecule has 1 aliphatic rings. The van der Waals surface area contributed by atoms with Gasteiger partial charge in [0.15, 0.2) is 6.10 Å². The maximum atomic E-state index is 11.5. The highest BCUT2D eigenvalue weighted by molar-refractivity contribution is 5.81. The number of aliphatic carboxylic acids is 1. The number of carbonyl (C=O) groups excluding carboxylic acids is 1. The van der Waals surface area contributed by atoms with Gasteiger partial charge in [0.05, 0.1) is 12.1 Å². The molecular formula is C11H20N2O4. The van der Waals surface area contributed by atoms with Crippen molar-refractivity contribution in [2.75, 3.05) is 6.54 Å². The zero-order valence-electron chi connectivity index (χ0n) is 10.2. The van der Waals surface area contributed by atoms with Crippen LogP contribution < -0.4 is 11.1 Å².